The van der Waals surface area contributed by atoms with E-state index in [1.54, 1.807) is 18.1 Å². The van der Waals surface area contributed by atoms with Gasteiger partial charge in [-0.3, -0.25) is 9.78 Å². The summed E-state index contributed by atoms with van der Waals surface area (Å²) in [4.78, 5) is 21.9. The number of amides is 1. The summed E-state index contributed by atoms with van der Waals surface area (Å²) in [5, 5.41) is 2.99. The predicted molar refractivity (Wildman–Crippen MR) is 71.3 cm³/mol. The van der Waals surface area contributed by atoms with Crippen molar-refractivity contribution < 1.29 is 4.79 Å². The van der Waals surface area contributed by atoms with Crippen LogP contribution in [0.15, 0.2) is 30.5 Å². The fourth-order valence-corrected chi connectivity index (χ4v) is 1.52. The lowest BCUT2D eigenvalue weighted by Gasteiger charge is -2.14. The summed E-state index contributed by atoms with van der Waals surface area (Å²) in [7, 11) is 1.77. The third-order valence-corrected chi connectivity index (χ3v) is 2.77. The zero-order valence-corrected chi connectivity index (χ0v) is 10.6. The molecule has 0 saturated carbocycles. The smallest absolute Gasteiger partial charge is 0.241 e. The van der Waals surface area contributed by atoms with E-state index in [4.69, 9.17) is 0 Å². The molecule has 1 aromatic heterocycles. The van der Waals surface area contributed by atoms with Crippen LogP contribution in [0.5, 0.6) is 0 Å². The minimum Gasteiger partial charge on any atom is -0.360 e. The molecule has 0 spiro atoms. The maximum atomic E-state index is 11.6. The lowest BCUT2D eigenvalue weighted by molar-refractivity contribution is -0.127. The monoisotopic (exact) mass is 244 g/mol. The first-order valence-electron chi connectivity index (χ1n) is 5.90. The van der Waals surface area contributed by atoms with E-state index in [1.807, 2.05) is 31.2 Å². The Labute approximate surface area is 106 Å². The average Bonchev–Trinajstić information content (AvgIpc) is 2.43. The molecule has 2 aromatic rings. The van der Waals surface area contributed by atoms with Gasteiger partial charge in [-0.15, -0.1) is 0 Å². The molecular weight excluding hydrogens is 228 g/mol. The third kappa shape index (κ3) is 2.74. The fourth-order valence-electron chi connectivity index (χ4n) is 1.52. The minimum atomic E-state index is 0.0347. The minimum absolute atomic E-state index is 0.0347. The average molecular weight is 244 g/mol. The number of carbonyl (C=O) groups is 1. The molecule has 5 heteroatoms. The Hall–Kier alpha value is -2.17. The van der Waals surface area contributed by atoms with Crippen LogP contribution in [0.3, 0.4) is 0 Å². The Bertz CT molecular complexity index is 555. The molecule has 1 N–H and O–H groups in total. The largest absolute Gasteiger partial charge is 0.360 e. The number of nitrogens with zero attached hydrogens (tertiary/aromatic N) is 3. The van der Waals surface area contributed by atoms with Crippen LogP contribution in [0.25, 0.3) is 11.0 Å². The molecule has 1 amide bonds. The summed E-state index contributed by atoms with van der Waals surface area (Å²) in [6, 6.07) is 7.64. The van der Waals surface area contributed by atoms with Gasteiger partial charge in [-0.05, 0) is 19.1 Å². The van der Waals surface area contributed by atoms with Crippen LogP contribution in [-0.4, -0.2) is 40.9 Å². The highest BCUT2D eigenvalue weighted by Crippen LogP contribution is 2.10. The Kier molecular flexibility index (Phi) is 3.72. The summed E-state index contributed by atoms with van der Waals surface area (Å²) in [6.45, 7) is 2.87. The van der Waals surface area contributed by atoms with Gasteiger partial charge in [-0.1, -0.05) is 12.1 Å². The highest BCUT2D eigenvalue weighted by molar-refractivity contribution is 5.81. The highest BCUT2D eigenvalue weighted by Gasteiger charge is 2.06. The van der Waals surface area contributed by atoms with E-state index in [2.05, 4.69) is 15.3 Å². The number of nitrogens with one attached hydrogen (secondary N) is 1. The Morgan fingerprint density at radius 1 is 1.33 bits per heavy atom. The molecule has 0 aliphatic rings. The number of carbonyl (C=O) groups excluding carboxylic acids is 1. The first-order valence-corrected chi connectivity index (χ1v) is 5.90. The van der Waals surface area contributed by atoms with Crippen molar-refractivity contribution in [1.29, 1.82) is 0 Å². The van der Waals surface area contributed by atoms with Gasteiger partial charge in [-0.25, -0.2) is 4.98 Å². The first kappa shape index (κ1) is 12.3. The van der Waals surface area contributed by atoms with Gasteiger partial charge in [0, 0.05) is 13.6 Å². The van der Waals surface area contributed by atoms with Gasteiger partial charge in [-0.2, -0.15) is 0 Å². The van der Waals surface area contributed by atoms with Gasteiger partial charge in [0.2, 0.25) is 5.91 Å². The summed E-state index contributed by atoms with van der Waals surface area (Å²) in [6.07, 6.45) is 1.64. The van der Waals surface area contributed by atoms with Crippen LogP contribution in [0.1, 0.15) is 6.92 Å². The lowest BCUT2D eigenvalue weighted by Crippen LogP contribution is -2.32. The SMILES string of the molecule is CCN(C)C(=O)CNc1cnc2ccccc2n1. The van der Waals surface area contributed by atoms with E-state index in [9.17, 15) is 4.79 Å². The van der Waals surface area contributed by atoms with Crippen molar-refractivity contribution in [3.8, 4) is 0 Å². The molecule has 5 nitrogen and oxygen atoms in total. The standard InChI is InChI=1S/C13H16N4O/c1-3-17(2)13(18)9-15-12-8-14-10-6-4-5-7-11(10)16-12/h4-8H,3,9H2,1-2H3,(H,15,16). The topological polar surface area (TPSA) is 58.1 Å². The Morgan fingerprint density at radius 2 is 2.06 bits per heavy atom. The van der Waals surface area contributed by atoms with Crippen molar-refractivity contribution >= 4 is 22.8 Å². The highest BCUT2D eigenvalue weighted by atomic mass is 16.2. The van der Waals surface area contributed by atoms with Crippen molar-refractivity contribution in [2.45, 2.75) is 6.92 Å². The van der Waals surface area contributed by atoms with Gasteiger partial charge in [0.15, 0.2) is 0 Å². The fraction of sp³-hybridized carbons (Fsp3) is 0.308. The van der Waals surface area contributed by atoms with Crippen LogP contribution in [-0.2, 0) is 4.79 Å². The van der Waals surface area contributed by atoms with Crippen LogP contribution in [0.4, 0.5) is 5.82 Å². The van der Waals surface area contributed by atoms with Gasteiger partial charge in [0.25, 0.3) is 0 Å². The second kappa shape index (κ2) is 5.44. The molecule has 0 unspecified atom stereocenters. The van der Waals surface area contributed by atoms with Crippen molar-refractivity contribution in [3.05, 3.63) is 30.5 Å². The number of benzene rings is 1. The maximum absolute atomic E-state index is 11.6. The molecule has 0 bridgehead atoms. The van der Waals surface area contributed by atoms with Crippen molar-refractivity contribution in [2.24, 2.45) is 0 Å². The molecule has 2 rings (SSSR count). The second-order valence-corrected chi connectivity index (χ2v) is 4.01. The predicted octanol–water partition coefficient (Wildman–Crippen LogP) is 1.52. The Balaban J connectivity index is 2.06. The molecule has 0 atom stereocenters. The summed E-state index contributed by atoms with van der Waals surface area (Å²) >= 11 is 0. The van der Waals surface area contributed by atoms with Crippen LogP contribution in [0, 0.1) is 0 Å². The molecule has 94 valence electrons. The van der Waals surface area contributed by atoms with Gasteiger partial charge in [0.05, 0.1) is 23.8 Å². The molecule has 1 aromatic carbocycles. The number of hydrogen-bond donors (Lipinski definition) is 1. The van der Waals surface area contributed by atoms with Crippen LogP contribution >= 0.6 is 0 Å². The summed E-state index contributed by atoms with van der Waals surface area (Å²) in [5.74, 6) is 0.652. The number of rotatable bonds is 4. The molecule has 0 saturated heterocycles. The van der Waals surface area contributed by atoms with Gasteiger partial charge < -0.3 is 10.2 Å². The van der Waals surface area contributed by atoms with Crippen molar-refractivity contribution in [2.75, 3.05) is 25.5 Å². The van der Waals surface area contributed by atoms with E-state index in [-0.39, 0.29) is 12.5 Å². The molecule has 0 aliphatic heterocycles. The molecule has 0 fully saturated rings. The normalized spacial score (nSPS) is 10.3. The molecule has 1 heterocycles. The van der Waals surface area contributed by atoms with Crippen LogP contribution in [0.2, 0.25) is 0 Å². The van der Waals surface area contributed by atoms with E-state index in [0.29, 0.717) is 12.4 Å². The number of likely N-dealkylation sites (N-methyl/N-ethyl adjacent to an activating group) is 1. The van der Waals surface area contributed by atoms with Crippen molar-refractivity contribution in [1.82, 2.24) is 14.9 Å². The number of para-hydroxylation sites is 2. The van der Waals surface area contributed by atoms with Gasteiger partial charge in [0.1, 0.15) is 5.82 Å². The zero-order valence-electron chi connectivity index (χ0n) is 10.6. The number of aromatic nitrogens is 2. The third-order valence-electron chi connectivity index (χ3n) is 2.77. The summed E-state index contributed by atoms with van der Waals surface area (Å²) < 4.78 is 0. The van der Waals surface area contributed by atoms with E-state index in [1.165, 1.54) is 0 Å². The number of fused-ring (bicyclic) bond motifs is 1. The molecular formula is C13H16N4O. The zero-order chi connectivity index (χ0) is 13.0. The first-order chi connectivity index (χ1) is 8.70. The van der Waals surface area contributed by atoms with Crippen molar-refractivity contribution in [3.63, 3.8) is 0 Å². The summed E-state index contributed by atoms with van der Waals surface area (Å²) in [5.41, 5.74) is 1.67. The number of hydrogen-bond acceptors (Lipinski definition) is 4. The lowest BCUT2D eigenvalue weighted by atomic mass is 10.3. The number of anilines is 1. The molecule has 0 radical (unpaired) electrons. The maximum Gasteiger partial charge on any atom is 0.241 e. The second-order valence-electron chi connectivity index (χ2n) is 4.01. The van der Waals surface area contributed by atoms with Gasteiger partial charge >= 0.3 is 0 Å². The van der Waals surface area contributed by atoms with E-state index < -0.39 is 0 Å². The van der Waals surface area contributed by atoms with E-state index in [0.717, 1.165) is 11.0 Å². The van der Waals surface area contributed by atoms with E-state index >= 15 is 0 Å². The van der Waals surface area contributed by atoms with Crippen LogP contribution < -0.4 is 5.32 Å². The quantitative estimate of drug-likeness (QED) is 0.886. The molecule has 18 heavy (non-hydrogen) atoms. The molecule has 0 aliphatic carbocycles. The Morgan fingerprint density at radius 3 is 2.78 bits per heavy atom.